The van der Waals surface area contributed by atoms with E-state index in [1.165, 1.54) is 12.8 Å². The first-order valence-corrected chi connectivity index (χ1v) is 9.86. The van der Waals surface area contributed by atoms with Crippen molar-refractivity contribution >= 4 is 11.9 Å². The summed E-state index contributed by atoms with van der Waals surface area (Å²) < 4.78 is 11.0. The van der Waals surface area contributed by atoms with Gasteiger partial charge in [0.05, 0.1) is 12.7 Å². The highest BCUT2D eigenvalue weighted by Gasteiger charge is 2.46. The molecule has 142 valence electrons. The topological polar surface area (TPSA) is 52.6 Å². The third-order valence-electron chi connectivity index (χ3n) is 4.74. The minimum Gasteiger partial charge on any atom is -0.465 e. The molecule has 1 atom stereocenters. The van der Waals surface area contributed by atoms with E-state index >= 15 is 0 Å². The molecule has 24 heavy (non-hydrogen) atoms. The van der Waals surface area contributed by atoms with E-state index < -0.39 is 17.4 Å². The molecule has 0 amide bonds. The summed E-state index contributed by atoms with van der Waals surface area (Å²) in [5.41, 5.74) is -1.15. The predicted octanol–water partition coefficient (Wildman–Crippen LogP) is 5.43. The van der Waals surface area contributed by atoms with Crippen LogP contribution >= 0.6 is 0 Å². The fourth-order valence-electron chi connectivity index (χ4n) is 2.77. The van der Waals surface area contributed by atoms with Crippen LogP contribution in [0.25, 0.3) is 0 Å². The van der Waals surface area contributed by atoms with Crippen molar-refractivity contribution in [1.29, 1.82) is 0 Å². The molecule has 0 N–H and O–H groups in total. The molecule has 0 radical (unpaired) electrons. The van der Waals surface area contributed by atoms with Gasteiger partial charge in [0.25, 0.3) is 0 Å². The number of esters is 2. The summed E-state index contributed by atoms with van der Waals surface area (Å²) in [5, 5.41) is 0. The molecule has 0 saturated carbocycles. The molecule has 0 saturated heterocycles. The molecule has 0 rings (SSSR count). The van der Waals surface area contributed by atoms with Crippen molar-refractivity contribution in [3.63, 3.8) is 0 Å². The molecule has 0 bridgehead atoms. The van der Waals surface area contributed by atoms with Gasteiger partial charge in [0.15, 0.2) is 5.41 Å². The summed E-state index contributed by atoms with van der Waals surface area (Å²) in [6, 6.07) is 0. The van der Waals surface area contributed by atoms with E-state index in [-0.39, 0.29) is 6.10 Å². The number of rotatable bonds is 14. The molecule has 0 fully saturated rings. The lowest BCUT2D eigenvalue weighted by molar-refractivity contribution is -0.176. The molecule has 4 heteroatoms. The van der Waals surface area contributed by atoms with Crippen LogP contribution in [0.3, 0.4) is 0 Å². The molecule has 0 aromatic heterocycles. The zero-order valence-electron chi connectivity index (χ0n) is 16.5. The molecule has 0 aliphatic heterocycles. The minimum atomic E-state index is -1.15. The third kappa shape index (κ3) is 7.67. The summed E-state index contributed by atoms with van der Waals surface area (Å²) in [6.07, 6.45) is 9.07. The lowest BCUT2D eigenvalue weighted by Gasteiger charge is -2.28. The summed E-state index contributed by atoms with van der Waals surface area (Å²) in [5.74, 6) is -0.845. The average Bonchev–Trinajstić information content (AvgIpc) is 2.57. The number of hydrogen-bond donors (Lipinski definition) is 0. The van der Waals surface area contributed by atoms with Crippen molar-refractivity contribution in [2.75, 3.05) is 6.61 Å². The number of hydrogen-bond acceptors (Lipinski definition) is 4. The lowest BCUT2D eigenvalue weighted by Crippen LogP contribution is -2.42. The quantitative estimate of drug-likeness (QED) is 0.240. The van der Waals surface area contributed by atoms with Crippen LogP contribution in [-0.4, -0.2) is 24.6 Å². The second-order valence-corrected chi connectivity index (χ2v) is 6.70. The van der Waals surface area contributed by atoms with E-state index in [1.54, 1.807) is 0 Å². The van der Waals surface area contributed by atoms with Crippen LogP contribution in [0.4, 0.5) is 0 Å². The van der Waals surface area contributed by atoms with Crippen LogP contribution < -0.4 is 0 Å². The molecule has 0 aromatic carbocycles. The van der Waals surface area contributed by atoms with Gasteiger partial charge in [-0.1, -0.05) is 66.2 Å². The number of ether oxygens (including phenoxy) is 2. The third-order valence-corrected chi connectivity index (χ3v) is 4.74. The van der Waals surface area contributed by atoms with Crippen LogP contribution in [0.1, 0.15) is 98.8 Å². The number of carbonyl (C=O) groups is 2. The highest BCUT2D eigenvalue weighted by Crippen LogP contribution is 2.31. The second kappa shape index (κ2) is 13.3. The van der Waals surface area contributed by atoms with Gasteiger partial charge in [-0.2, -0.15) is 0 Å². The van der Waals surface area contributed by atoms with E-state index in [0.29, 0.717) is 19.4 Å². The Morgan fingerprint density at radius 1 is 0.833 bits per heavy atom. The molecule has 0 aliphatic rings. The zero-order chi connectivity index (χ0) is 18.4. The Balaban J connectivity index is 4.54. The molecule has 4 nitrogen and oxygen atoms in total. The highest BCUT2D eigenvalue weighted by molar-refractivity contribution is 6.00. The Morgan fingerprint density at radius 2 is 1.42 bits per heavy atom. The summed E-state index contributed by atoms with van der Waals surface area (Å²) >= 11 is 0. The first-order chi connectivity index (χ1) is 11.5. The Hall–Kier alpha value is -1.06. The Labute approximate surface area is 148 Å². The monoisotopic (exact) mass is 342 g/mol. The van der Waals surface area contributed by atoms with Crippen LogP contribution in [0.2, 0.25) is 0 Å². The molecule has 0 aromatic rings. The molecule has 1 unspecified atom stereocenters. The second-order valence-electron chi connectivity index (χ2n) is 6.70. The van der Waals surface area contributed by atoms with Gasteiger partial charge < -0.3 is 9.47 Å². The molecule has 0 heterocycles. The summed E-state index contributed by atoms with van der Waals surface area (Å²) in [6.45, 7) is 10.3. The van der Waals surface area contributed by atoms with Crippen LogP contribution in [0, 0.1) is 5.41 Å². The fourth-order valence-corrected chi connectivity index (χ4v) is 2.77. The summed E-state index contributed by atoms with van der Waals surface area (Å²) in [7, 11) is 0. The Bertz CT molecular complexity index is 348. The van der Waals surface area contributed by atoms with Crippen LogP contribution in [0.5, 0.6) is 0 Å². The Morgan fingerprint density at radius 3 is 1.96 bits per heavy atom. The van der Waals surface area contributed by atoms with Gasteiger partial charge in [-0.3, -0.25) is 9.59 Å². The first-order valence-electron chi connectivity index (χ1n) is 9.86. The lowest BCUT2D eigenvalue weighted by atomic mass is 9.82. The molecular weight excluding hydrogens is 304 g/mol. The van der Waals surface area contributed by atoms with E-state index in [1.807, 2.05) is 20.8 Å². The van der Waals surface area contributed by atoms with E-state index in [0.717, 1.165) is 38.5 Å². The van der Waals surface area contributed by atoms with Crippen molar-refractivity contribution in [3.8, 4) is 0 Å². The van der Waals surface area contributed by atoms with Gasteiger partial charge in [0.2, 0.25) is 0 Å². The van der Waals surface area contributed by atoms with Gasteiger partial charge in [-0.15, -0.1) is 0 Å². The van der Waals surface area contributed by atoms with Crippen LogP contribution in [0.15, 0.2) is 0 Å². The van der Waals surface area contributed by atoms with Crippen molar-refractivity contribution in [2.24, 2.45) is 5.41 Å². The van der Waals surface area contributed by atoms with Gasteiger partial charge in [-0.25, -0.2) is 0 Å². The first kappa shape index (κ1) is 22.9. The fraction of sp³-hybridized carbons (Fsp3) is 0.900. The molecule has 0 aliphatic carbocycles. The van der Waals surface area contributed by atoms with E-state index in [9.17, 15) is 9.59 Å². The highest BCUT2D eigenvalue weighted by atomic mass is 16.6. The van der Waals surface area contributed by atoms with Gasteiger partial charge in [0, 0.05) is 0 Å². The van der Waals surface area contributed by atoms with Crippen molar-refractivity contribution in [2.45, 2.75) is 105 Å². The maximum Gasteiger partial charge on any atom is 0.323 e. The average molecular weight is 343 g/mol. The zero-order valence-corrected chi connectivity index (χ0v) is 16.5. The van der Waals surface area contributed by atoms with Crippen molar-refractivity contribution < 1.29 is 19.1 Å². The van der Waals surface area contributed by atoms with Gasteiger partial charge >= 0.3 is 11.9 Å². The minimum absolute atomic E-state index is 0.156. The summed E-state index contributed by atoms with van der Waals surface area (Å²) in [4.78, 5) is 25.1. The predicted molar refractivity (Wildman–Crippen MR) is 97.8 cm³/mol. The van der Waals surface area contributed by atoms with Gasteiger partial charge in [0.1, 0.15) is 0 Å². The normalized spacial score (nSPS) is 12.7. The SMILES string of the molecule is CCCCCCCOC(=O)C(CC)(CC)C(=O)OC(C)CCCC. The van der Waals surface area contributed by atoms with E-state index in [4.69, 9.17) is 9.47 Å². The van der Waals surface area contributed by atoms with Gasteiger partial charge in [-0.05, 0) is 32.6 Å². The number of unbranched alkanes of at least 4 members (excludes halogenated alkanes) is 5. The largest absolute Gasteiger partial charge is 0.465 e. The molecular formula is C20H38O4. The maximum absolute atomic E-state index is 12.6. The number of carbonyl (C=O) groups excluding carboxylic acids is 2. The standard InChI is InChI=1S/C20H38O4/c1-6-10-12-13-14-16-23-18(21)20(8-3,9-4)19(22)24-17(5)15-11-7-2/h17H,6-16H2,1-5H3. The van der Waals surface area contributed by atoms with E-state index in [2.05, 4.69) is 13.8 Å². The molecule has 0 spiro atoms. The van der Waals surface area contributed by atoms with Crippen LogP contribution in [-0.2, 0) is 19.1 Å². The maximum atomic E-state index is 12.6. The smallest absolute Gasteiger partial charge is 0.323 e. The van der Waals surface area contributed by atoms with Crippen molar-refractivity contribution in [1.82, 2.24) is 0 Å². The van der Waals surface area contributed by atoms with Crippen molar-refractivity contribution in [3.05, 3.63) is 0 Å². The Kier molecular flexibility index (Phi) is 12.7.